The zero-order valence-corrected chi connectivity index (χ0v) is 15.1. The molecule has 1 amide bonds. The Labute approximate surface area is 167 Å². The fourth-order valence-corrected chi connectivity index (χ4v) is 2.45. The zero-order chi connectivity index (χ0) is 21.7. The molecule has 0 aliphatic rings. The molecule has 7 nitrogen and oxygen atoms in total. The third-order valence-electron chi connectivity index (χ3n) is 3.72. The van der Waals surface area contributed by atoms with E-state index >= 15 is 0 Å². The van der Waals surface area contributed by atoms with E-state index in [4.69, 9.17) is 4.42 Å². The van der Waals surface area contributed by atoms with Gasteiger partial charge >= 0.3 is 6.36 Å². The summed E-state index contributed by atoms with van der Waals surface area (Å²) in [5, 5.41) is 13.3. The molecule has 0 unspecified atom stereocenters. The molecule has 0 aliphatic carbocycles. The predicted molar refractivity (Wildman–Crippen MR) is 102 cm³/mol. The van der Waals surface area contributed by atoms with Crippen molar-refractivity contribution in [2.75, 3.05) is 5.32 Å². The largest absolute Gasteiger partial charge is 0.573 e. The topological polar surface area (TPSA) is 94.6 Å². The van der Waals surface area contributed by atoms with Crippen LogP contribution in [0.1, 0.15) is 5.76 Å². The fourth-order valence-electron chi connectivity index (χ4n) is 2.45. The van der Waals surface area contributed by atoms with Gasteiger partial charge in [-0.3, -0.25) is 14.9 Å². The van der Waals surface area contributed by atoms with Crippen LogP contribution in [-0.2, 0) is 4.79 Å². The van der Waals surface area contributed by atoms with Gasteiger partial charge in [-0.2, -0.15) is 0 Å². The average Bonchev–Trinajstić information content (AvgIpc) is 3.16. The van der Waals surface area contributed by atoms with Gasteiger partial charge in [-0.25, -0.2) is 0 Å². The molecule has 0 atom stereocenters. The number of nitrogens with one attached hydrogen (secondary N) is 1. The molecule has 154 valence electrons. The maximum atomic E-state index is 12.1. The smallest absolute Gasteiger partial charge is 0.457 e. The van der Waals surface area contributed by atoms with Gasteiger partial charge in [0.2, 0.25) is 5.91 Å². The Balaban J connectivity index is 1.62. The minimum Gasteiger partial charge on any atom is -0.457 e. The highest BCUT2D eigenvalue weighted by molar-refractivity contribution is 6.01. The van der Waals surface area contributed by atoms with E-state index in [9.17, 15) is 28.1 Å². The number of ether oxygens (including phenoxy) is 1. The number of rotatable bonds is 6. The van der Waals surface area contributed by atoms with E-state index in [2.05, 4.69) is 10.1 Å². The predicted octanol–water partition coefficient (Wildman–Crippen LogP) is 5.41. The van der Waals surface area contributed by atoms with Crippen LogP contribution in [0.5, 0.6) is 5.75 Å². The zero-order valence-electron chi connectivity index (χ0n) is 15.1. The van der Waals surface area contributed by atoms with E-state index in [1.54, 1.807) is 18.2 Å². The number of furan rings is 1. The SMILES string of the molecule is O=C(/C=C/c1ccc(-c2cccc([N+](=O)[O-])c2)o1)Nc1ccc(OC(F)(F)F)cc1. The summed E-state index contributed by atoms with van der Waals surface area (Å²) < 4.78 is 45.7. The number of carbonyl (C=O) groups excluding carboxylic acids is 1. The monoisotopic (exact) mass is 418 g/mol. The highest BCUT2D eigenvalue weighted by Gasteiger charge is 2.30. The lowest BCUT2D eigenvalue weighted by molar-refractivity contribution is -0.384. The second-order valence-corrected chi connectivity index (χ2v) is 5.90. The number of non-ortho nitro benzene ring substituents is 1. The van der Waals surface area contributed by atoms with Crippen LogP contribution in [0.4, 0.5) is 24.5 Å². The van der Waals surface area contributed by atoms with Crippen molar-refractivity contribution < 1.29 is 32.0 Å². The first kappa shape index (κ1) is 20.6. The molecule has 0 bridgehead atoms. The lowest BCUT2D eigenvalue weighted by Gasteiger charge is -2.09. The maximum absolute atomic E-state index is 12.1. The van der Waals surface area contributed by atoms with Crippen molar-refractivity contribution in [3.63, 3.8) is 0 Å². The third-order valence-corrected chi connectivity index (χ3v) is 3.72. The molecule has 3 aromatic rings. The van der Waals surface area contributed by atoms with Gasteiger partial charge in [-0.05, 0) is 42.5 Å². The Hall–Kier alpha value is -4.08. The van der Waals surface area contributed by atoms with Crippen LogP contribution >= 0.6 is 0 Å². The van der Waals surface area contributed by atoms with E-state index in [1.165, 1.54) is 42.5 Å². The van der Waals surface area contributed by atoms with Gasteiger partial charge in [0, 0.05) is 29.5 Å². The van der Waals surface area contributed by atoms with Crippen molar-refractivity contribution in [3.05, 3.63) is 82.6 Å². The molecule has 2 aromatic carbocycles. The third kappa shape index (κ3) is 5.71. The second-order valence-electron chi connectivity index (χ2n) is 5.90. The first-order valence-electron chi connectivity index (χ1n) is 8.39. The van der Waals surface area contributed by atoms with Gasteiger partial charge in [0.1, 0.15) is 17.3 Å². The number of carbonyl (C=O) groups is 1. The van der Waals surface area contributed by atoms with Gasteiger partial charge in [0.05, 0.1) is 4.92 Å². The molecule has 0 saturated carbocycles. The maximum Gasteiger partial charge on any atom is 0.573 e. The molecular weight excluding hydrogens is 405 g/mol. The first-order valence-corrected chi connectivity index (χ1v) is 8.39. The van der Waals surface area contributed by atoms with E-state index in [-0.39, 0.29) is 11.4 Å². The quantitative estimate of drug-likeness (QED) is 0.328. The summed E-state index contributed by atoms with van der Waals surface area (Å²) in [5.74, 6) is -0.215. The molecule has 3 rings (SSSR count). The summed E-state index contributed by atoms with van der Waals surface area (Å²) in [6, 6.07) is 13.8. The molecule has 1 N–H and O–H groups in total. The number of nitrogens with zero attached hydrogens (tertiary/aromatic N) is 1. The average molecular weight is 418 g/mol. The molecule has 1 heterocycles. The van der Waals surface area contributed by atoms with Crippen LogP contribution in [0.25, 0.3) is 17.4 Å². The number of nitro benzene ring substituents is 1. The van der Waals surface area contributed by atoms with E-state index < -0.39 is 22.9 Å². The Bertz CT molecular complexity index is 1090. The number of alkyl halides is 3. The van der Waals surface area contributed by atoms with E-state index in [0.29, 0.717) is 17.1 Å². The van der Waals surface area contributed by atoms with Gasteiger partial charge in [-0.15, -0.1) is 13.2 Å². The number of nitro groups is 1. The molecule has 10 heteroatoms. The minimum absolute atomic E-state index is 0.0768. The van der Waals surface area contributed by atoms with Crippen molar-refractivity contribution in [1.29, 1.82) is 0 Å². The molecule has 0 aliphatic heterocycles. The van der Waals surface area contributed by atoms with Crippen molar-refractivity contribution in [1.82, 2.24) is 0 Å². The molecule has 0 saturated heterocycles. The highest BCUT2D eigenvalue weighted by atomic mass is 19.4. The first-order chi connectivity index (χ1) is 14.2. The van der Waals surface area contributed by atoms with Crippen LogP contribution in [0.15, 0.2) is 71.2 Å². The van der Waals surface area contributed by atoms with Crippen molar-refractivity contribution in [2.24, 2.45) is 0 Å². The Morgan fingerprint density at radius 1 is 1.10 bits per heavy atom. The van der Waals surface area contributed by atoms with Crippen molar-refractivity contribution in [3.8, 4) is 17.1 Å². The second kappa shape index (κ2) is 8.52. The molecular formula is C20H13F3N2O5. The number of halogens is 3. The number of hydrogen-bond acceptors (Lipinski definition) is 5. The molecule has 30 heavy (non-hydrogen) atoms. The minimum atomic E-state index is -4.79. The van der Waals surface area contributed by atoms with E-state index in [1.807, 2.05) is 0 Å². The number of benzene rings is 2. The van der Waals surface area contributed by atoms with Gasteiger partial charge in [-0.1, -0.05) is 12.1 Å². The lowest BCUT2D eigenvalue weighted by atomic mass is 10.1. The lowest BCUT2D eigenvalue weighted by Crippen LogP contribution is -2.17. The summed E-state index contributed by atoms with van der Waals surface area (Å²) in [7, 11) is 0. The summed E-state index contributed by atoms with van der Waals surface area (Å²) >= 11 is 0. The molecule has 1 aromatic heterocycles. The van der Waals surface area contributed by atoms with Gasteiger partial charge < -0.3 is 14.5 Å². The Morgan fingerprint density at radius 2 is 1.83 bits per heavy atom. The van der Waals surface area contributed by atoms with Crippen LogP contribution in [0.2, 0.25) is 0 Å². The van der Waals surface area contributed by atoms with Gasteiger partial charge in [0.15, 0.2) is 0 Å². The summed E-state index contributed by atoms with van der Waals surface area (Å²) in [6.07, 6.45) is -2.23. The Morgan fingerprint density at radius 3 is 2.50 bits per heavy atom. The molecule has 0 radical (unpaired) electrons. The van der Waals surface area contributed by atoms with Crippen LogP contribution < -0.4 is 10.1 Å². The summed E-state index contributed by atoms with van der Waals surface area (Å²) in [5.41, 5.74) is 0.706. The Kier molecular flexibility index (Phi) is 5.86. The van der Waals surface area contributed by atoms with Crippen molar-refractivity contribution in [2.45, 2.75) is 6.36 Å². The number of hydrogen-bond donors (Lipinski definition) is 1. The standard InChI is InChI=1S/C20H13F3N2O5/c21-20(22,23)30-17-6-4-14(5-7-17)24-19(26)11-9-16-8-10-18(29-16)13-2-1-3-15(12-13)25(27)28/h1-12H,(H,24,26)/b11-9+. The highest BCUT2D eigenvalue weighted by Crippen LogP contribution is 2.26. The molecule has 0 spiro atoms. The van der Waals surface area contributed by atoms with E-state index in [0.717, 1.165) is 12.1 Å². The normalized spacial score (nSPS) is 11.4. The van der Waals surface area contributed by atoms with Gasteiger partial charge in [0.25, 0.3) is 5.69 Å². The summed E-state index contributed by atoms with van der Waals surface area (Å²) in [4.78, 5) is 22.3. The van der Waals surface area contributed by atoms with Crippen LogP contribution in [-0.4, -0.2) is 17.2 Å². The summed E-state index contributed by atoms with van der Waals surface area (Å²) in [6.45, 7) is 0. The van der Waals surface area contributed by atoms with Crippen molar-refractivity contribution >= 4 is 23.4 Å². The number of anilines is 1. The molecule has 0 fully saturated rings. The number of amides is 1. The van der Waals surface area contributed by atoms with Crippen LogP contribution in [0.3, 0.4) is 0 Å². The fraction of sp³-hybridized carbons (Fsp3) is 0.0500. The van der Waals surface area contributed by atoms with Crippen LogP contribution in [0, 0.1) is 10.1 Å².